The molecule has 1 aromatic carbocycles. The lowest BCUT2D eigenvalue weighted by Crippen LogP contribution is -2.32. The van der Waals surface area contributed by atoms with Crippen LogP contribution in [0.5, 0.6) is 0 Å². The summed E-state index contributed by atoms with van der Waals surface area (Å²) in [5.74, 6) is 0. The van der Waals surface area contributed by atoms with Crippen LogP contribution in [0.1, 0.15) is 12.5 Å². The van der Waals surface area contributed by atoms with Gasteiger partial charge in [0.15, 0.2) is 0 Å². The van der Waals surface area contributed by atoms with E-state index >= 15 is 0 Å². The number of rotatable bonds is 6. The van der Waals surface area contributed by atoms with Crippen molar-refractivity contribution >= 4 is 26.0 Å². The average molecular weight is 375 g/mol. The first kappa shape index (κ1) is 17.4. The van der Waals surface area contributed by atoms with E-state index in [9.17, 15) is 21.6 Å². The Labute approximate surface area is 123 Å². The first-order valence-corrected chi connectivity index (χ1v) is 8.03. The van der Waals surface area contributed by atoms with Crippen molar-refractivity contribution in [2.45, 2.75) is 18.0 Å². The van der Waals surface area contributed by atoms with Gasteiger partial charge in [0.25, 0.3) is 0 Å². The largest absolute Gasteiger partial charge is 0.416 e. The molecular weight excluding hydrogens is 361 g/mol. The number of alkyl halides is 3. The normalized spacial score (nSPS) is 12.7. The molecule has 0 aliphatic rings. The van der Waals surface area contributed by atoms with Crippen LogP contribution in [0.15, 0.2) is 27.6 Å². The summed E-state index contributed by atoms with van der Waals surface area (Å²) in [5, 5.41) is 2.90. The van der Waals surface area contributed by atoms with E-state index in [-0.39, 0.29) is 11.0 Å². The quantitative estimate of drug-likeness (QED) is 0.751. The standard InChI is InChI=1S/C11H14BrF3N2O2S/c1-2-16-5-6-17-20(18,19)10-7-8(11(13,14)15)3-4-9(10)12/h3-4,7,16-17H,2,5-6H2,1H3. The highest BCUT2D eigenvalue weighted by Gasteiger charge is 2.32. The molecule has 9 heteroatoms. The fourth-order valence-electron chi connectivity index (χ4n) is 1.41. The first-order valence-electron chi connectivity index (χ1n) is 5.75. The van der Waals surface area contributed by atoms with Gasteiger partial charge < -0.3 is 5.32 Å². The molecule has 1 aromatic rings. The third kappa shape index (κ3) is 4.72. The van der Waals surface area contributed by atoms with Gasteiger partial charge in [0.1, 0.15) is 0 Å². The summed E-state index contributed by atoms with van der Waals surface area (Å²) in [6, 6.07) is 2.50. The Bertz CT molecular complexity index is 561. The molecule has 0 aromatic heterocycles. The van der Waals surface area contributed by atoms with Crippen molar-refractivity contribution < 1.29 is 21.6 Å². The summed E-state index contributed by atoms with van der Waals surface area (Å²) in [6.07, 6.45) is -4.59. The molecule has 0 unspecified atom stereocenters. The van der Waals surface area contributed by atoms with Crippen molar-refractivity contribution in [2.24, 2.45) is 0 Å². The number of nitrogens with one attached hydrogen (secondary N) is 2. The number of halogens is 4. The molecule has 0 saturated carbocycles. The Hall–Kier alpha value is -0.640. The maximum Gasteiger partial charge on any atom is 0.416 e. The Morgan fingerprint density at radius 3 is 2.45 bits per heavy atom. The smallest absolute Gasteiger partial charge is 0.316 e. The highest BCUT2D eigenvalue weighted by atomic mass is 79.9. The lowest BCUT2D eigenvalue weighted by atomic mass is 10.2. The Kier molecular flexibility index (Phi) is 5.99. The summed E-state index contributed by atoms with van der Waals surface area (Å²) >= 11 is 2.95. The van der Waals surface area contributed by atoms with Gasteiger partial charge in [-0.2, -0.15) is 13.2 Å². The third-order valence-corrected chi connectivity index (χ3v) is 4.85. The van der Waals surface area contributed by atoms with E-state index in [0.29, 0.717) is 19.2 Å². The zero-order chi connectivity index (χ0) is 15.4. The molecule has 0 aliphatic carbocycles. The average Bonchev–Trinajstić information content (AvgIpc) is 2.33. The van der Waals surface area contributed by atoms with Gasteiger partial charge in [-0.05, 0) is 40.7 Å². The number of hydrogen-bond donors (Lipinski definition) is 2. The van der Waals surface area contributed by atoms with Gasteiger partial charge in [-0.1, -0.05) is 6.92 Å². The maximum atomic E-state index is 12.6. The van der Waals surface area contributed by atoms with Gasteiger partial charge in [-0.15, -0.1) is 0 Å². The molecule has 0 bridgehead atoms. The van der Waals surface area contributed by atoms with Crippen molar-refractivity contribution in [3.05, 3.63) is 28.2 Å². The van der Waals surface area contributed by atoms with Crippen LogP contribution < -0.4 is 10.0 Å². The predicted octanol–water partition coefficient (Wildman–Crippen LogP) is 2.36. The highest BCUT2D eigenvalue weighted by molar-refractivity contribution is 9.10. The van der Waals surface area contributed by atoms with Crippen LogP contribution in [0.4, 0.5) is 13.2 Å². The Morgan fingerprint density at radius 2 is 1.90 bits per heavy atom. The number of likely N-dealkylation sites (N-methyl/N-ethyl adjacent to an activating group) is 1. The molecule has 114 valence electrons. The van der Waals surface area contributed by atoms with E-state index in [4.69, 9.17) is 0 Å². The van der Waals surface area contributed by atoms with E-state index in [1.807, 2.05) is 6.92 Å². The minimum Gasteiger partial charge on any atom is -0.316 e. The molecule has 0 fully saturated rings. The van der Waals surface area contributed by atoms with E-state index < -0.39 is 26.7 Å². The van der Waals surface area contributed by atoms with Gasteiger partial charge in [0.05, 0.1) is 10.5 Å². The minimum atomic E-state index is -4.59. The maximum absolute atomic E-state index is 12.6. The lowest BCUT2D eigenvalue weighted by molar-refractivity contribution is -0.137. The third-order valence-electron chi connectivity index (χ3n) is 2.39. The number of sulfonamides is 1. The zero-order valence-corrected chi connectivity index (χ0v) is 13.0. The summed E-state index contributed by atoms with van der Waals surface area (Å²) in [6.45, 7) is 3.03. The molecule has 0 heterocycles. The van der Waals surface area contributed by atoms with E-state index in [2.05, 4.69) is 26.0 Å². The molecule has 0 radical (unpaired) electrons. The molecule has 0 atom stereocenters. The van der Waals surface area contributed by atoms with E-state index in [1.54, 1.807) is 0 Å². The Morgan fingerprint density at radius 1 is 1.25 bits per heavy atom. The Balaban J connectivity index is 2.99. The van der Waals surface area contributed by atoms with Crippen LogP contribution in [0, 0.1) is 0 Å². The molecule has 0 aliphatic heterocycles. The van der Waals surface area contributed by atoms with Gasteiger partial charge >= 0.3 is 6.18 Å². The molecule has 2 N–H and O–H groups in total. The molecule has 0 saturated heterocycles. The molecular formula is C11H14BrF3N2O2S. The topological polar surface area (TPSA) is 58.2 Å². The summed E-state index contributed by atoms with van der Waals surface area (Å²) in [7, 11) is -3.99. The van der Waals surface area contributed by atoms with Crippen molar-refractivity contribution in [3.8, 4) is 0 Å². The van der Waals surface area contributed by atoms with Gasteiger partial charge in [0, 0.05) is 17.6 Å². The molecule has 1 rings (SSSR count). The molecule has 20 heavy (non-hydrogen) atoms. The van der Waals surface area contributed by atoms with Crippen molar-refractivity contribution in [1.29, 1.82) is 0 Å². The van der Waals surface area contributed by atoms with Crippen molar-refractivity contribution in [2.75, 3.05) is 19.6 Å². The van der Waals surface area contributed by atoms with Crippen LogP contribution in [-0.4, -0.2) is 28.1 Å². The van der Waals surface area contributed by atoms with Crippen LogP contribution in [0.2, 0.25) is 0 Å². The summed E-state index contributed by atoms with van der Waals surface area (Å²) in [5.41, 5.74) is -1.01. The molecule has 0 spiro atoms. The summed E-state index contributed by atoms with van der Waals surface area (Å²) < 4.78 is 64.0. The second-order valence-corrected chi connectivity index (χ2v) is 6.48. The first-order chi connectivity index (χ1) is 9.18. The number of benzene rings is 1. The predicted molar refractivity (Wildman–Crippen MR) is 72.9 cm³/mol. The van der Waals surface area contributed by atoms with E-state index in [0.717, 1.165) is 12.1 Å². The van der Waals surface area contributed by atoms with Gasteiger partial charge in [-0.25, -0.2) is 13.1 Å². The van der Waals surface area contributed by atoms with Crippen molar-refractivity contribution in [1.82, 2.24) is 10.0 Å². The van der Waals surface area contributed by atoms with Crippen LogP contribution >= 0.6 is 15.9 Å². The number of hydrogen-bond acceptors (Lipinski definition) is 3. The van der Waals surface area contributed by atoms with Crippen LogP contribution in [0.25, 0.3) is 0 Å². The fraction of sp³-hybridized carbons (Fsp3) is 0.455. The highest BCUT2D eigenvalue weighted by Crippen LogP contribution is 2.33. The second kappa shape index (κ2) is 6.88. The van der Waals surface area contributed by atoms with Gasteiger partial charge in [-0.3, -0.25) is 0 Å². The lowest BCUT2D eigenvalue weighted by Gasteiger charge is -2.12. The molecule has 0 amide bonds. The van der Waals surface area contributed by atoms with Crippen LogP contribution in [0.3, 0.4) is 0 Å². The van der Waals surface area contributed by atoms with Gasteiger partial charge in [0.2, 0.25) is 10.0 Å². The zero-order valence-electron chi connectivity index (χ0n) is 10.6. The minimum absolute atomic E-state index is 0.0847. The van der Waals surface area contributed by atoms with Crippen molar-refractivity contribution in [3.63, 3.8) is 0 Å². The SMILES string of the molecule is CCNCCNS(=O)(=O)c1cc(C(F)(F)F)ccc1Br. The monoisotopic (exact) mass is 374 g/mol. The fourth-order valence-corrected chi connectivity index (χ4v) is 3.43. The second-order valence-electron chi connectivity index (χ2n) is 3.89. The molecule has 4 nitrogen and oxygen atoms in total. The van der Waals surface area contributed by atoms with Crippen LogP contribution in [-0.2, 0) is 16.2 Å². The van der Waals surface area contributed by atoms with E-state index in [1.165, 1.54) is 0 Å². The summed E-state index contributed by atoms with van der Waals surface area (Å²) in [4.78, 5) is -0.427.